The number of H-pyrrole nitrogens is 1. The maximum absolute atomic E-state index is 12.9. The Morgan fingerprint density at radius 2 is 2.14 bits per heavy atom. The molecule has 2 aromatic heterocycles. The van der Waals surface area contributed by atoms with Crippen LogP contribution in [0.15, 0.2) is 10.9 Å². The Balaban J connectivity index is 2.01. The van der Waals surface area contributed by atoms with Crippen molar-refractivity contribution in [3.63, 3.8) is 0 Å². The van der Waals surface area contributed by atoms with Gasteiger partial charge in [0.1, 0.15) is 28.4 Å². The SMILES string of the molecule is N#Cc1c(Nc2cc(C(F)(F)F)nc(C3CC3)n2)s[nH]c1=O. The van der Waals surface area contributed by atoms with Crippen molar-refractivity contribution in [1.29, 1.82) is 5.26 Å². The second-order valence-corrected chi connectivity index (χ2v) is 5.56. The van der Waals surface area contributed by atoms with Gasteiger partial charge < -0.3 is 5.32 Å². The number of rotatable bonds is 3. The lowest BCUT2D eigenvalue weighted by Gasteiger charge is -2.10. The summed E-state index contributed by atoms with van der Waals surface area (Å²) in [6, 6.07) is 2.46. The number of nitrogens with one attached hydrogen (secondary N) is 2. The first-order valence-corrected chi connectivity index (χ1v) is 7.05. The van der Waals surface area contributed by atoms with Gasteiger partial charge in [-0.3, -0.25) is 9.17 Å². The minimum Gasteiger partial charge on any atom is -0.329 e. The third-order valence-corrected chi connectivity index (χ3v) is 3.83. The Morgan fingerprint density at radius 1 is 1.41 bits per heavy atom. The highest BCUT2D eigenvalue weighted by atomic mass is 32.1. The van der Waals surface area contributed by atoms with Gasteiger partial charge in [0, 0.05) is 12.0 Å². The second-order valence-electron chi connectivity index (χ2n) is 4.74. The quantitative estimate of drug-likeness (QED) is 0.904. The normalized spacial score (nSPS) is 14.6. The van der Waals surface area contributed by atoms with Gasteiger partial charge in [-0.25, -0.2) is 9.97 Å². The molecule has 0 aliphatic heterocycles. The summed E-state index contributed by atoms with van der Waals surface area (Å²) in [5.41, 5.74) is -1.83. The van der Waals surface area contributed by atoms with Crippen LogP contribution < -0.4 is 10.9 Å². The summed E-state index contributed by atoms with van der Waals surface area (Å²) in [4.78, 5) is 18.9. The van der Waals surface area contributed by atoms with Crippen LogP contribution in [0.2, 0.25) is 0 Å². The molecule has 1 aliphatic rings. The summed E-state index contributed by atoms with van der Waals surface area (Å²) in [6.07, 6.45) is -3.09. The molecular formula is C12H8F3N5OS. The monoisotopic (exact) mass is 327 g/mol. The van der Waals surface area contributed by atoms with Crippen molar-refractivity contribution in [2.45, 2.75) is 24.9 Å². The number of aromatic amines is 1. The summed E-state index contributed by atoms with van der Waals surface area (Å²) in [5, 5.41) is 11.6. The number of nitrogens with zero attached hydrogens (tertiary/aromatic N) is 3. The molecule has 0 saturated heterocycles. The Morgan fingerprint density at radius 3 is 2.73 bits per heavy atom. The molecular weight excluding hydrogens is 319 g/mol. The lowest BCUT2D eigenvalue weighted by atomic mass is 10.3. The molecule has 0 bridgehead atoms. The van der Waals surface area contributed by atoms with Crippen molar-refractivity contribution in [2.24, 2.45) is 0 Å². The van der Waals surface area contributed by atoms with E-state index < -0.39 is 17.4 Å². The number of hydrogen-bond donors (Lipinski definition) is 2. The van der Waals surface area contributed by atoms with E-state index in [0.29, 0.717) is 0 Å². The molecule has 1 fully saturated rings. The molecule has 0 radical (unpaired) electrons. The largest absolute Gasteiger partial charge is 0.433 e. The van der Waals surface area contributed by atoms with Crippen LogP contribution in [-0.2, 0) is 6.18 Å². The Labute approximate surface area is 125 Å². The van der Waals surface area contributed by atoms with E-state index in [1.54, 1.807) is 6.07 Å². The number of alkyl halides is 3. The van der Waals surface area contributed by atoms with Crippen LogP contribution in [0.1, 0.15) is 35.8 Å². The van der Waals surface area contributed by atoms with E-state index in [1.807, 2.05) is 0 Å². The molecule has 3 rings (SSSR count). The van der Waals surface area contributed by atoms with Gasteiger partial charge in [0.25, 0.3) is 5.56 Å². The molecule has 2 heterocycles. The lowest BCUT2D eigenvalue weighted by Crippen LogP contribution is -2.12. The minimum absolute atomic E-state index is 0.0664. The molecule has 1 saturated carbocycles. The van der Waals surface area contributed by atoms with E-state index in [0.717, 1.165) is 30.4 Å². The van der Waals surface area contributed by atoms with Crippen LogP contribution in [0.3, 0.4) is 0 Å². The van der Waals surface area contributed by atoms with Crippen molar-refractivity contribution in [3.8, 4) is 6.07 Å². The van der Waals surface area contributed by atoms with E-state index in [-0.39, 0.29) is 28.1 Å². The topological polar surface area (TPSA) is 94.5 Å². The Bertz CT molecular complexity index is 815. The second kappa shape index (κ2) is 5.10. The molecule has 0 amide bonds. The van der Waals surface area contributed by atoms with Gasteiger partial charge >= 0.3 is 6.18 Å². The predicted octanol–water partition coefficient (Wildman–Crippen LogP) is 2.74. The van der Waals surface area contributed by atoms with Crippen LogP contribution >= 0.6 is 11.5 Å². The molecule has 0 aromatic carbocycles. The zero-order valence-corrected chi connectivity index (χ0v) is 11.7. The first kappa shape index (κ1) is 14.5. The van der Waals surface area contributed by atoms with E-state index in [2.05, 4.69) is 19.7 Å². The van der Waals surface area contributed by atoms with Crippen molar-refractivity contribution >= 4 is 22.4 Å². The molecule has 22 heavy (non-hydrogen) atoms. The van der Waals surface area contributed by atoms with Crippen LogP contribution in [0.25, 0.3) is 0 Å². The third-order valence-electron chi connectivity index (χ3n) is 3.03. The van der Waals surface area contributed by atoms with Crippen LogP contribution in [0.4, 0.5) is 24.0 Å². The summed E-state index contributed by atoms with van der Waals surface area (Å²) in [7, 11) is 0. The molecule has 114 valence electrons. The van der Waals surface area contributed by atoms with Crippen LogP contribution in [0.5, 0.6) is 0 Å². The van der Waals surface area contributed by atoms with Crippen LogP contribution in [0, 0.1) is 11.3 Å². The molecule has 0 atom stereocenters. The fraction of sp³-hybridized carbons (Fsp3) is 0.333. The smallest absolute Gasteiger partial charge is 0.329 e. The van der Waals surface area contributed by atoms with Gasteiger partial charge in [0.05, 0.1) is 0 Å². The maximum atomic E-state index is 12.9. The Kier molecular flexibility index (Phi) is 3.37. The predicted molar refractivity (Wildman–Crippen MR) is 71.9 cm³/mol. The lowest BCUT2D eigenvalue weighted by molar-refractivity contribution is -0.141. The summed E-state index contributed by atoms with van der Waals surface area (Å²) in [6.45, 7) is 0. The minimum atomic E-state index is -4.59. The van der Waals surface area contributed by atoms with Crippen molar-refractivity contribution < 1.29 is 13.2 Å². The first-order valence-electron chi connectivity index (χ1n) is 6.23. The first-order chi connectivity index (χ1) is 10.4. The molecule has 2 aromatic rings. The van der Waals surface area contributed by atoms with E-state index in [1.165, 1.54) is 0 Å². The zero-order chi connectivity index (χ0) is 15.9. The van der Waals surface area contributed by atoms with Gasteiger partial charge in [0.15, 0.2) is 5.56 Å². The number of halogens is 3. The fourth-order valence-electron chi connectivity index (χ4n) is 1.81. The summed E-state index contributed by atoms with van der Waals surface area (Å²) in [5.74, 6) is -0.0297. The van der Waals surface area contributed by atoms with Crippen molar-refractivity contribution in [3.05, 3.63) is 33.5 Å². The maximum Gasteiger partial charge on any atom is 0.433 e. The standard InChI is InChI=1S/C12H8F3N5OS/c13-12(14,15)7-3-8(18-9(17-7)5-1-2-5)19-11-6(4-16)10(21)20-22-11/h3,5H,1-2H2,(H,20,21)(H,17,18,19). The average Bonchev–Trinajstić information content (AvgIpc) is 3.23. The number of hydrogen-bond acceptors (Lipinski definition) is 6. The number of nitriles is 1. The van der Waals surface area contributed by atoms with Gasteiger partial charge in [-0.15, -0.1) is 0 Å². The summed E-state index contributed by atoms with van der Waals surface area (Å²) >= 11 is 0.826. The molecule has 0 spiro atoms. The Hall–Kier alpha value is -2.41. The molecule has 6 nitrogen and oxygen atoms in total. The molecule has 10 heteroatoms. The molecule has 2 N–H and O–H groups in total. The van der Waals surface area contributed by atoms with Crippen molar-refractivity contribution in [1.82, 2.24) is 14.3 Å². The van der Waals surface area contributed by atoms with E-state index >= 15 is 0 Å². The highest BCUT2D eigenvalue weighted by molar-refractivity contribution is 7.10. The van der Waals surface area contributed by atoms with E-state index in [4.69, 9.17) is 5.26 Å². The van der Waals surface area contributed by atoms with Gasteiger partial charge in [-0.05, 0) is 24.4 Å². The van der Waals surface area contributed by atoms with Gasteiger partial charge in [-0.1, -0.05) is 0 Å². The van der Waals surface area contributed by atoms with Gasteiger partial charge in [-0.2, -0.15) is 18.4 Å². The fourth-order valence-corrected chi connectivity index (χ4v) is 2.50. The number of anilines is 2. The highest BCUT2D eigenvalue weighted by Gasteiger charge is 2.36. The highest BCUT2D eigenvalue weighted by Crippen LogP contribution is 2.40. The summed E-state index contributed by atoms with van der Waals surface area (Å²) < 4.78 is 41.0. The van der Waals surface area contributed by atoms with Gasteiger partial charge in [0.2, 0.25) is 0 Å². The van der Waals surface area contributed by atoms with Crippen molar-refractivity contribution in [2.75, 3.05) is 5.32 Å². The third kappa shape index (κ3) is 2.80. The van der Waals surface area contributed by atoms with Crippen LogP contribution in [-0.4, -0.2) is 14.3 Å². The number of aromatic nitrogens is 3. The van der Waals surface area contributed by atoms with E-state index in [9.17, 15) is 18.0 Å². The molecule has 1 aliphatic carbocycles. The molecule has 0 unspecified atom stereocenters. The average molecular weight is 327 g/mol. The zero-order valence-electron chi connectivity index (χ0n) is 10.9.